The lowest BCUT2D eigenvalue weighted by molar-refractivity contribution is 0.584. The molecular formula is C15H8ClF2N3S. The number of rotatable bonds is 1. The van der Waals surface area contributed by atoms with Crippen LogP contribution in [0, 0.1) is 11.6 Å². The first-order valence-corrected chi connectivity index (χ1v) is 7.59. The van der Waals surface area contributed by atoms with Gasteiger partial charge in [0.15, 0.2) is 5.15 Å². The first kappa shape index (κ1) is 13.6. The van der Waals surface area contributed by atoms with Crippen molar-refractivity contribution in [2.24, 2.45) is 7.05 Å². The van der Waals surface area contributed by atoms with E-state index < -0.39 is 11.6 Å². The number of benzene rings is 1. The van der Waals surface area contributed by atoms with E-state index in [0.717, 1.165) is 21.2 Å². The molecule has 3 heterocycles. The molecule has 0 radical (unpaired) electrons. The van der Waals surface area contributed by atoms with Crippen LogP contribution in [0.1, 0.15) is 0 Å². The summed E-state index contributed by atoms with van der Waals surface area (Å²) in [6.45, 7) is 0. The van der Waals surface area contributed by atoms with Crippen molar-refractivity contribution in [3.8, 4) is 10.4 Å². The maximum atomic E-state index is 13.4. The molecule has 0 unspecified atom stereocenters. The van der Waals surface area contributed by atoms with Crippen molar-refractivity contribution in [1.82, 2.24) is 14.5 Å². The van der Waals surface area contributed by atoms with E-state index in [2.05, 4.69) is 9.97 Å². The predicted octanol–water partition coefficient (Wildman–Crippen LogP) is 4.78. The van der Waals surface area contributed by atoms with Crippen LogP contribution in [0.2, 0.25) is 5.15 Å². The number of halogens is 3. The van der Waals surface area contributed by atoms with E-state index >= 15 is 0 Å². The smallest absolute Gasteiger partial charge is 0.157 e. The molecule has 1 aromatic carbocycles. The summed E-state index contributed by atoms with van der Waals surface area (Å²) in [4.78, 5) is 9.28. The average molecular weight is 336 g/mol. The number of nitrogens with zero attached hydrogens (tertiary/aromatic N) is 3. The molecule has 0 spiro atoms. The summed E-state index contributed by atoms with van der Waals surface area (Å²) in [5.41, 5.74) is 2.65. The lowest BCUT2D eigenvalue weighted by Gasteiger charge is -1.98. The molecule has 0 N–H and O–H groups in total. The molecule has 0 amide bonds. The number of aromatic nitrogens is 3. The molecule has 7 heteroatoms. The highest BCUT2D eigenvalue weighted by Crippen LogP contribution is 2.38. The van der Waals surface area contributed by atoms with Crippen molar-refractivity contribution in [3.05, 3.63) is 47.4 Å². The zero-order chi connectivity index (χ0) is 15.4. The molecule has 4 aromatic rings. The summed E-state index contributed by atoms with van der Waals surface area (Å²) < 4.78 is 29.6. The monoisotopic (exact) mass is 335 g/mol. The first-order chi connectivity index (χ1) is 10.5. The van der Waals surface area contributed by atoms with Crippen molar-refractivity contribution in [1.29, 1.82) is 0 Å². The van der Waals surface area contributed by atoms with Crippen LogP contribution in [0.3, 0.4) is 0 Å². The highest BCUT2D eigenvalue weighted by atomic mass is 35.5. The summed E-state index contributed by atoms with van der Waals surface area (Å²) in [5, 5.41) is 0.317. The second kappa shape index (κ2) is 4.72. The Labute approximate surface area is 132 Å². The molecular weight excluding hydrogens is 328 g/mol. The Bertz CT molecular complexity index is 1020. The fourth-order valence-electron chi connectivity index (χ4n) is 2.48. The number of thiophene rings is 1. The Morgan fingerprint density at radius 3 is 2.59 bits per heavy atom. The summed E-state index contributed by atoms with van der Waals surface area (Å²) in [5.74, 6) is -1.21. The Morgan fingerprint density at radius 1 is 1.14 bits per heavy atom. The second-order valence-electron chi connectivity index (χ2n) is 4.94. The minimum atomic E-state index is -0.607. The molecule has 3 nitrogen and oxygen atoms in total. The van der Waals surface area contributed by atoms with E-state index in [4.69, 9.17) is 11.6 Å². The van der Waals surface area contributed by atoms with Gasteiger partial charge in [-0.05, 0) is 23.8 Å². The lowest BCUT2D eigenvalue weighted by atomic mass is 10.2. The van der Waals surface area contributed by atoms with Crippen LogP contribution in [-0.2, 0) is 7.05 Å². The Kier molecular flexibility index (Phi) is 2.92. The molecule has 0 fully saturated rings. The number of pyridine rings is 1. The largest absolute Gasteiger partial charge is 0.332 e. The SMILES string of the molecule is Cn1cnc2c(Cl)nc3cc(-c4cc(F)cc(F)c4)sc3c21. The van der Waals surface area contributed by atoms with Gasteiger partial charge in [0.25, 0.3) is 0 Å². The first-order valence-electron chi connectivity index (χ1n) is 6.39. The maximum absolute atomic E-state index is 13.4. The van der Waals surface area contributed by atoms with Gasteiger partial charge in [0.2, 0.25) is 0 Å². The van der Waals surface area contributed by atoms with E-state index in [1.165, 1.54) is 23.5 Å². The average Bonchev–Trinajstić information content (AvgIpc) is 3.02. The van der Waals surface area contributed by atoms with E-state index in [9.17, 15) is 8.78 Å². The van der Waals surface area contributed by atoms with Gasteiger partial charge in [-0.3, -0.25) is 0 Å². The van der Waals surface area contributed by atoms with Gasteiger partial charge >= 0.3 is 0 Å². The Hall–Kier alpha value is -2.05. The van der Waals surface area contributed by atoms with Crippen LogP contribution in [0.5, 0.6) is 0 Å². The van der Waals surface area contributed by atoms with Crippen molar-refractivity contribution in [2.75, 3.05) is 0 Å². The predicted molar refractivity (Wildman–Crippen MR) is 84.3 cm³/mol. The topological polar surface area (TPSA) is 30.7 Å². The summed E-state index contributed by atoms with van der Waals surface area (Å²) in [6, 6.07) is 5.24. The molecule has 0 aliphatic heterocycles. The minimum absolute atomic E-state index is 0.317. The molecule has 0 saturated heterocycles. The van der Waals surface area contributed by atoms with E-state index in [-0.39, 0.29) is 0 Å². The highest BCUT2D eigenvalue weighted by molar-refractivity contribution is 7.23. The third-order valence-electron chi connectivity index (χ3n) is 3.43. The Balaban J connectivity index is 2.05. The van der Waals surface area contributed by atoms with Crippen molar-refractivity contribution < 1.29 is 8.78 Å². The van der Waals surface area contributed by atoms with Crippen LogP contribution in [0.15, 0.2) is 30.6 Å². The molecule has 4 rings (SSSR count). The quantitative estimate of drug-likeness (QED) is 0.469. The molecule has 0 aliphatic rings. The highest BCUT2D eigenvalue weighted by Gasteiger charge is 2.15. The van der Waals surface area contributed by atoms with Gasteiger partial charge in [-0.1, -0.05) is 11.6 Å². The third kappa shape index (κ3) is 1.99. The molecule has 22 heavy (non-hydrogen) atoms. The van der Waals surface area contributed by atoms with Gasteiger partial charge in [-0.15, -0.1) is 11.3 Å². The molecule has 0 saturated carbocycles. The van der Waals surface area contributed by atoms with Gasteiger partial charge in [-0.2, -0.15) is 0 Å². The number of aryl methyl sites for hydroxylation is 1. The fraction of sp³-hybridized carbons (Fsp3) is 0.0667. The van der Waals surface area contributed by atoms with E-state index in [0.29, 0.717) is 21.7 Å². The van der Waals surface area contributed by atoms with Gasteiger partial charge in [-0.25, -0.2) is 18.7 Å². The van der Waals surface area contributed by atoms with Crippen LogP contribution in [-0.4, -0.2) is 14.5 Å². The Morgan fingerprint density at radius 2 is 1.86 bits per heavy atom. The zero-order valence-corrected chi connectivity index (χ0v) is 12.8. The van der Waals surface area contributed by atoms with E-state index in [1.807, 2.05) is 11.6 Å². The van der Waals surface area contributed by atoms with Crippen LogP contribution in [0.4, 0.5) is 8.78 Å². The van der Waals surface area contributed by atoms with E-state index in [1.54, 1.807) is 12.4 Å². The standard InChI is InChI=1S/C15H8ClF2N3S/c1-21-6-19-12-13(21)14-10(20-15(12)16)5-11(22-14)7-2-8(17)4-9(18)3-7/h2-6H,1H3. The van der Waals surface area contributed by atoms with Crippen molar-refractivity contribution in [3.63, 3.8) is 0 Å². The van der Waals surface area contributed by atoms with Crippen LogP contribution < -0.4 is 0 Å². The zero-order valence-electron chi connectivity index (χ0n) is 11.3. The number of imidazole rings is 1. The molecule has 110 valence electrons. The number of hydrogen-bond acceptors (Lipinski definition) is 3. The normalized spacial score (nSPS) is 11.6. The van der Waals surface area contributed by atoms with Gasteiger partial charge in [0, 0.05) is 18.0 Å². The summed E-state index contributed by atoms with van der Waals surface area (Å²) in [6.07, 6.45) is 1.67. The fourth-order valence-corrected chi connectivity index (χ4v) is 3.88. The van der Waals surface area contributed by atoms with Crippen molar-refractivity contribution >= 4 is 44.2 Å². The van der Waals surface area contributed by atoms with Crippen LogP contribution >= 0.6 is 22.9 Å². The number of fused-ring (bicyclic) bond motifs is 3. The minimum Gasteiger partial charge on any atom is -0.332 e. The molecule has 3 aromatic heterocycles. The van der Waals surface area contributed by atoms with Gasteiger partial charge < -0.3 is 4.57 Å². The maximum Gasteiger partial charge on any atom is 0.157 e. The molecule has 0 bridgehead atoms. The molecule has 0 aliphatic carbocycles. The van der Waals surface area contributed by atoms with Crippen molar-refractivity contribution in [2.45, 2.75) is 0 Å². The molecule has 0 atom stereocenters. The summed E-state index contributed by atoms with van der Waals surface area (Å²) in [7, 11) is 1.87. The second-order valence-corrected chi connectivity index (χ2v) is 6.35. The van der Waals surface area contributed by atoms with Gasteiger partial charge in [0.05, 0.1) is 22.1 Å². The summed E-state index contributed by atoms with van der Waals surface area (Å²) >= 11 is 7.56. The lowest BCUT2D eigenvalue weighted by Crippen LogP contribution is -1.85. The third-order valence-corrected chi connectivity index (χ3v) is 4.87. The van der Waals surface area contributed by atoms with Crippen LogP contribution in [0.25, 0.3) is 31.7 Å². The van der Waals surface area contributed by atoms with Gasteiger partial charge in [0.1, 0.15) is 17.2 Å². The number of hydrogen-bond donors (Lipinski definition) is 0.